The van der Waals surface area contributed by atoms with Gasteiger partial charge in [0.15, 0.2) is 0 Å². The number of carbonyl (C=O) groups excluding carboxylic acids is 2. The van der Waals surface area contributed by atoms with Gasteiger partial charge in [0, 0.05) is 24.6 Å². The average Bonchev–Trinajstić information content (AvgIpc) is 2.59. The summed E-state index contributed by atoms with van der Waals surface area (Å²) in [4.78, 5) is 31.7. The summed E-state index contributed by atoms with van der Waals surface area (Å²) in [5.74, 6) is 0.333. The van der Waals surface area contributed by atoms with Crippen LogP contribution in [0.5, 0.6) is 0 Å². The minimum atomic E-state index is -0.266. The van der Waals surface area contributed by atoms with Gasteiger partial charge in [-0.25, -0.2) is 9.97 Å². The van der Waals surface area contributed by atoms with Crippen LogP contribution >= 0.6 is 0 Å². The van der Waals surface area contributed by atoms with Crippen molar-refractivity contribution in [1.29, 1.82) is 0 Å². The highest BCUT2D eigenvalue weighted by Crippen LogP contribution is 2.22. The monoisotopic (exact) mass is 328 g/mol. The van der Waals surface area contributed by atoms with Crippen LogP contribution in [-0.4, -0.2) is 35.4 Å². The summed E-state index contributed by atoms with van der Waals surface area (Å²) in [6, 6.07) is 1.64. The number of rotatable bonds is 6. The summed E-state index contributed by atoms with van der Waals surface area (Å²) in [5, 5.41) is 5.44. The van der Waals surface area contributed by atoms with E-state index in [9.17, 15) is 9.59 Å². The Bertz CT molecular complexity index is 687. The highest BCUT2D eigenvalue weighted by atomic mass is 16.5. The third-order valence-corrected chi connectivity index (χ3v) is 3.66. The van der Waals surface area contributed by atoms with Crippen molar-refractivity contribution in [1.82, 2.24) is 15.3 Å². The molecule has 2 amide bonds. The lowest BCUT2D eigenvalue weighted by Gasteiger charge is -2.21. The standard InChI is InChI=1S/C17H20N4O3/c1-4-5-13(11(2)24-3)14-8-15(20-10-19-14)21-17(23)12-6-7-16(22)18-9-12/h4-5,8,10,12H,1-2,6-7,9H2,3H3,(H,18,22)(H,19,20,21,23)/b13-5+. The van der Waals surface area contributed by atoms with E-state index in [4.69, 9.17) is 4.74 Å². The van der Waals surface area contributed by atoms with Gasteiger partial charge in [-0.05, 0) is 12.5 Å². The zero-order chi connectivity index (χ0) is 17.5. The van der Waals surface area contributed by atoms with Gasteiger partial charge in [0.2, 0.25) is 11.8 Å². The number of nitrogens with zero attached hydrogens (tertiary/aromatic N) is 2. The van der Waals surface area contributed by atoms with E-state index >= 15 is 0 Å². The van der Waals surface area contributed by atoms with Crippen LogP contribution in [0.25, 0.3) is 5.57 Å². The first kappa shape index (κ1) is 17.4. The van der Waals surface area contributed by atoms with E-state index in [-0.39, 0.29) is 17.7 Å². The summed E-state index contributed by atoms with van der Waals surface area (Å²) in [6.07, 6.45) is 5.55. The normalized spacial score (nSPS) is 17.6. The van der Waals surface area contributed by atoms with Crippen molar-refractivity contribution in [3.63, 3.8) is 0 Å². The minimum absolute atomic E-state index is 0.0272. The summed E-state index contributed by atoms with van der Waals surface area (Å²) in [5.41, 5.74) is 1.21. The van der Waals surface area contributed by atoms with Gasteiger partial charge in [-0.1, -0.05) is 19.2 Å². The molecule has 0 radical (unpaired) electrons. The SMILES string of the molecule is C=C/C=C(\C(=C)OC)c1cc(NC(=O)C2CCC(=O)NC2)ncn1. The molecule has 0 spiro atoms. The van der Waals surface area contributed by atoms with Crippen molar-refractivity contribution in [3.05, 3.63) is 49.2 Å². The van der Waals surface area contributed by atoms with E-state index in [0.717, 1.165) is 0 Å². The molecule has 0 saturated carbocycles. The molecule has 1 atom stereocenters. The second-order valence-corrected chi connectivity index (χ2v) is 5.26. The number of ether oxygens (including phenoxy) is 1. The number of hydrogen-bond acceptors (Lipinski definition) is 5. The fraction of sp³-hybridized carbons (Fsp3) is 0.294. The van der Waals surface area contributed by atoms with Crippen LogP contribution in [0.3, 0.4) is 0 Å². The highest BCUT2D eigenvalue weighted by molar-refractivity contribution is 5.93. The van der Waals surface area contributed by atoms with Crippen molar-refractivity contribution in [3.8, 4) is 0 Å². The molecule has 1 saturated heterocycles. The molecule has 7 nitrogen and oxygen atoms in total. The van der Waals surface area contributed by atoms with E-state index in [1.165, 1.54) is 13.4 Å². The van der Waals surface area contributed by atoms with Crippen LogP contribution in [0.4, 0.5) is 5.82 Å². The Kier molecular flexibility index (Phi) is 5.83. The smallest absolute Gasteiger partial charge is 0.230 e. The minimum Gasteiger partial charge on any atom is -0.497 e. The van der Waals surface area contributed by atoms with E-state index in [2.05, 4.69) is 33.8 Å². The molecule has 1 fully saturated rings. The first-order valence-corrected chi connectivity index (χ1v) is 7.51. The number of carbonyl (C=O) groups is 2. The van der Waals surface area contributed by atoms with Crippen LogP contribution in [0.2, 0.25) is 0 Å². The molecule has 1 aromatic rings. The number of hydrogen-bond donors (Lipinski definition) is 2. The Balaban J connectivity index is 2.13. The molecule has 2 N–H and O–H groups in total. The lowest BCUT2D eigenvalue weighted by Crippen LogP contribution is -2.40. The second-order valence-electron chi connectivity index (χ2n) is 5.26. The third-order valence-electron chi connectivity index (χ3n) is 3.66. The van der Waals surface area contributed by atoms with Crippen LogP contribution in [0.1, 0.15) is 18.5 Å². The Hall–Kier alpha value is -2.96. The Labute approximate surface area is 140 Å². The first-order chi connectivity index (χ1) is 11.5. The predicted octanol–water partition coefficient (Wildman–Crippen LogP) is 1.67. The van der Waals surface area contributed by atoms with Crippen LogP contribution < -0.4 is 10.6 Å². The molecule has 2 rings (SSSR count). The number of piperidine rings is 1. The number of anilines is 1. The van der Waals surface area contributed by atoms with Crippen molar-refractivity contribution in [2.45, 2.75) is 12.8 Å². The number of aromatic nitrogens is 2. The summed E-state index contributed by atoms with van der Waals surface area (Å²) in [6.45, 7) is 7.81. The molecular weight excluding hydrogens is 308 g/mol. The molecule has 126 valence electrons. The molecule has 1 unspecified atom stereocenters. The van der Waals surface area contributed by atoms with E-state index in [0.29, 0.717) is 42.2 Å². The maximum absolute atomic E-state index is 12.3. The van der Waals surface area contributed by atoms with Crippen LogP contribution in [0.15, 0.2) is 43.5 Å². The molecule has 0 bridgehead atoms. The zero-order valence-electron chi connectivity index (χ0n) is 13.5. The fourth-order valence-electron chi connectivity index (χ4n) is 2.31. The maximum atomic E-state index is 12.3. The average molecular weight is 328 g/mol. The zero-order valence-corrected chi connectivity index (χ0v) is 13.5. The van der Waals surface area contributed by atoms with Gasteiger partial charge < -0.3 is 15.4 Å². The largest absolute Gasteiger partial charge is 0.497 e. The van der Waals surface area contributed by atoms with E-state index in [1.807, 2.05) is 0 Å². The number of methoxy groups -OCH3 is 1. The quantitative estimate of drug-likeness (QED) is 0.612. The van der Waals surface area contributed by atoms with Gasteiger partial charge in [0.1, 0.15) is 17.9 Å². The molecule has 2 heterocycles. The highest BCUT2D eigenvalue weighted by Gasteiger charge is 2.24. The summed E-state index contributed by atoms with van der Waals surface area (Å²) >= 11 is 0. The molecule has 0 aliphatic carbocycles. The number of allylic oxidation sites excluding steroid dienone is 3. The maximum Gasteiger partial charge on any atom is 0.230 e. The van der Waals surface area contributed by atoms with E-state index in [1.54, 1.807) is 18.2 Å². The van der Waals surface area contributed by atoms with Gasteiger partial charge in [0.25, 0.3) is 0 Å². The molecule has 0 aromatic carbocycles. The van der Waals surface area contributed by atoms with Crippen LogP contribution in [0, 0.1) is 5.92 Å². The topological polar surface area (TPSA) is 93.2 Å². The van der Waals surface area contributed by atoms with E-state index < -0.39 is 0 Å². The Morgan fingerprint density at radius 2 is 2.29 bits per heavy atom. The van der Waals surface area contributed by atoms with Crippen molar-refractivity contribution >= 4 is 23.2 Å². The predicted molar refractivity (Wildman–Crippen MR) is 90.7 cm³/mol. The lowest BCUT2D eigenvalue weighted by atomic mass is 9.98. The fourth-order valence-corrected chi connectivity index (χ4v) is 2.31. The molecule has 24 heavy (non-hydrogen) atoms. The lowest BCUT2D eigenvalue weighted by molar-refractivity contribution is -0.126. The van der Waals surface area contributed by atoms with Gasteiger partial charge >= 0.3 is 0 Å². The van der Waals surface area contributed by atoms with Gasteiger partial charge in [-0.3, -0.25) is 9.59 Å². The summed E-state index contributed by atoms with van der Waals surface area (Å²) < 4.78 is 5.15. The van der Waals surface area contributed by atoms with Crippen molar-refractivity contribution < 1.29 is 14.3 Å². The Morgan fingerprint density at radius 1 is 1.50 bits per heavy atom. The van der Waals surface area contributed by atoms with Crippen LogP contribution in [-0.2, 0) is 14.3 Å². The Morgan fingerprint density at radius 3 is 2.92 bits per heavy atom. The van der Waals surface area contributed by atoms with Gasteiger partial charge in [-0.2, -0.15) is 0 Å². The number of nitrogens with one attached hydrogen (secondary N) is 2. The molecular formula is C17H20N4O3. The number of amides is 2. The molecule has 7 heteroatoms. The summed E-state index contributed by atoms with van der Waals surface area (Å²) in [7, 11) is 1.51. The molecule has 1 aliphatic heterocycles. The van der Waals surface area contributed by atoms with Gasteiger partial charge in [0.05, 0.1) is 18.7 Å². The first-order valence-electron chi connectivity index (χ1n) is 7.51. The van der Waals surface area contributed by atoms with Crippen molar-refractivity contribution in [2.75, 3.05) is 19.0 Å². The molecule has 1 aliphatic rings. The molecule has 1 aromatic heterocycles. The van der Waals surface area contributed by atoms with Crippen molar-refractivity contribution in [2.24, 2.45) is 5.92 Å². The van der Waals surface area contributed by atoms with Gasteiger partial charge in [-0.15, -0.1) is 0 Å². The second kappa shape index (κ2) is 8.05. The third kappa shape index (κ3) is 4.28.